The van der Waals surface area contributed by atoms with E-state index in [1.54, 1.807) is 12.1 Å². The average molecular weight is 195 g/mol. The van der Waals surface area contributed by atoms with Crippen LogP contribution in [-0.2, 0) is 0 Å². The van der Waals surface area contributed by atoms with E-state index < -0.39 is 6.03 Å². The lowest BCUT2D eigenvalue weighted by Gasteiger charge is -2.14. The Labute approximate surface area is 82.1 Å². The van der Waals surface area contributed by atoms with Gasteiger partial charge in [-0.05, 0) is 18.2 Å². The van der Waals surface area contributed by atoms with E-state index in [1.165, 1.54) is 6.07 Å². The number of hydrogen-bond acceptors (Lipinski definition) is 3. The van der Waals surface area contributed by atoms with Crippen molar-refractivity contribution in [2.24, 2.45) is 5.73 Å². The summed E-state index contributed by atoms with van der Waals surface area (Å²) in [5.41, 5.74) is 6.12. The summed E-state index contributed by atoms with van der Waals surface area (Å²) in [6, 6.07) is 4.18. The zero-order valence-corrected chi connectivity index (χ0v) is 8.11. The molecule has 5 nitrogen and oxygen atoms in total. The minimum atomic E-state index is -0.698. The van der Waals surface area contributed by atoms with Gasteiger partial charge in [0.05, 0.1) is 5.69 Å². The van der Waals surface area contributed by atoms with E-state index in [4.69, 9.17) is 5.73 Å². The lowest BCUT2D eigenvalue weighted by Crippen LogP contribution is -2.19. The fourth-order valence-corrected chi connectivity index (χ4v) is 1.04. The van der Waals surface area contributed by atoms with Gasteiger partial charge >= 0.3 is 6.03 Å². The van der Waals surface area contributed by atoms with Crippen LogP contribution in [0, 0.1) is 0 Å². The highest BCUT2D eigenvalue weighted by Crippen LogP contribution is 2.27. The Kier molecular flexibility index (Phi) is 2.81. The molecule has 5 heteroatoms. The highest BCUT2D eigenvalue weighted by Gasteiger charge is 2.05. The number of anilines is 2. The van der Waals surface area contributed by atoms with E-state index in [1.807, 2.05) is 19.0 Å². The summed E-state index contributed by atoms with van der Waals surface area (Å²) < 4.78 is 0. The van der Waals surface area contributed by atoms with Crippen molar-refractivity contribution in [3.63, 3.8) is 0 Å². The normalized spacial score (nSPS) is 9.57. The first-order valence-electron chi connectivity index (χ1n) is 4.07. The van der Waals surface area contributed by atoms with Crippen LogP contribution in [0.5, 0.6) is 5.75 Å². The third-order valence-electron chi connectivity index (χ3n) is 1.75. The Bertz CT molecular complexity index is 350. The van der Waals surface area contributed by atoms with Gasteiger partial charge < -0.3 is 21.1 Å². The summed E-state index contributed by atoms with van der Waals surface area (Å²) in [5, 5.41) is 11.7. The Morgan fingerprint density at radius 2 is 2.14 bits per heavy atom. The van der Waals surface area contributed by atoms with Gasteiger partial charge in [0.1, 0.15) is 5.75 Å². The first-order chi connectivity index (χ1) is 6.50. The maximum atomic E-state index is 10.6. The third kappa shape index (κ3) is 2.29. The summed E-state index contributed by atoms with van der Waals surface area (Å²) in [6.07, 6.45) is 0. The quantitative estimate of drug-likeness (QED) is 0.615. The monoisotopic (exact) mass is 195 g/mol. The molecule has 0 aromatic heterocycles. The Hall–Kier alpha value is -1.91. The fraction of sp³-hybridized carbons (Fsp3) is 0.222. The molecule has 0 aliphatic rings. The zero-order chi connectivity index (χ0) is 10.7. The van der Waals surface area contributed by atoms with Crippen LogP contribution in [0.3, 0.4) is 0 Å². The number of hydrogen-bond donors (Lipinski definition) is 3. The second kappa shape index (κ2) is 3.87. The van der Waals surface area contributed by atoms with Crippen molar-refractivity contribution in [1.82, 2.24) is 0 Å². The summed E-state index contributed by atoms with van der Waals surface area (Å²) in [4.78, 5) is 12.4. The van der Waals surface area contributed by atoms with E-state index in [0.717, 1.165) is 5.69 Å². The molecule has 0 aliphatic heterocycles. The number of aromatic hydroxyl groups is 1. The van der Waals surface area contributed by atoms with Crippen molar-refractivity contribution in [3.05, 3.63) is 18.2 Å². The first-order valence-corrected chi connectivity index (χ1v) is 4.07. The minimum Gasteiger partial charge on any atom is -0.506 e. The number of carbonyl (C=O) groups is 1. The molecule has 1 rings (SSSR count). The van der Waals surface area contributed by atoms with Crippen LogP contribution in [0.25, 0.3) is 0 Å². The SMILES string of the molecule is CN(C)c1ccc(O)c(NC(N)=O)c1. The average Bonchev–Trinajstić information content (AvgIpc) is 2.07. The maximum absolute atomic E-state index is 10.6. The Balaban J connectivity index is 3.02. The highest BCUT2D eigenvalue weighted by atomic mass is 16.3. The molecular formula is C9H13N3O2. The third-order valence-corrected chi connectivity index (χ3v) is 1.75. The van der Waals surface area contributed by atoms with E-state index in [-0.39, 0.29) is 5.75 Å². The van der Waals surface area contributed by atoms with Gasteiger partial charge in [-0.25, -0.2) is 4.79 Å². The molecule has 0 saturated carbocycles. The van der Waals surface area contributed by atoms with Crippen molar-refractivity contribution in [3.8, 4) is 5.75 Å². The van der Waals surface area contributed by atoms with Crippen LogP contribution in [0.1, 0.15) is 0 Å². The van der Waals surface area contributed by atoms with Crippen molar-refractivity contribution >= 4 is 17.4 Å². The number of benzene rings is 1. The van der Waals surface area contributed by atoms with Gasteiger partial charge in [0, 0.05) is 19.8 Å². The Morgan fingerprint density at radius 1 is 1.50 bits per heavy atom. The summed E-state index contributed by atoms with van der Waals surface area (Å²) in [6.45, 7) is 0. The first kappa shape index (κ1) is 10.2. The summed E-state index contributed by atoms with van der Waals surface area (Å²) in [7, 11) is 3.72. The molecular weight excluding hydrogens is 182 g/mol. The number of nitrogens with two attached hydrogens (primary N) is 1. The predicted molar refractivity (Wildman–Crippen MR) is 55.6 cm³/mol. The molecule has 0 aliphatic carbocycles. The van der Waals surface area contributed by atoms with Crippen LogP contribution in [0.15, 0.2) is 18.2 Å². The molecule has 2 amide bonds. The molecule has 0 fully saturated rings. The van der Waals surface area contributed by atoms with Crippen LogP contribution in [0.2, 0.25) is 0 Å². The van der Waals surface area contributed by atoms with Crippen molar-refractivity contribution in [1.29, 1.82) is 0 Å². The van der Waals surface area contributed by atoms with Gasteiger partial charge in [0.15, 0.2) is 0 Å². The largest absolute Gasteiger partial charge is 0.506 e. The van der Waals surface area contributed by atoms with Crippen molar-refractivity contribution in [2.75, 3.05) is 24.3 Å². The fourth-order valence-electron chi connectivity index (χ4n) is 1.04. The van der Waals surface area contributed by atoms with Gasteiger partial charge in [-0.3, -0.25) is 0 Å². The smallest absolute Gasteiger partial charge is 0.316 e. The predicted octanol–water partition coefficient (Wildman–Crippen LogP) is 0.949. The summed E-state index contributed by atoms with van der Waals surface area (Å²) >= 11 is 0. The van der Waals surface area contributed by atoms with Crippen LogP contribution in [0.4, 0.5) is 16.2 Å². The number of phenols is 1. The molecule has 0 spiro atoms. The van der Waals surface area contributed by atoms with Gasteiger partial charge in [-0.1, -0.05) is 0 Å². The molecule has 0 bridgehead atoms. The lowest BCUT2D eigenvalue weighted by molar-refractivity contribution is 0.259. The van der Waals surface area contributed by atoms with Crippen molar-refractivity contribution < 1.29 is 9.90 Å². The second-order valence-corrected chi connectivity index (χ2v) is 3.09. The van der Waals surface area contributed by atoms with Crippen LogP contribution >= 0.6 is 0 Å². The number of amides is 2. The van der Waals surface area contributed by atoms with Gasteiger partial charge in [0.2, 0.25) is 0 Å². The molecule has 76 valence electrons. The topological polar surface area (TPSA) is 78.6 Å². The maximum Gasteiger partial charge on any atom is 0.316 e. The van der Waals surface area contributed by atoms with Gasteiger partial charge in [-0.15, -0.1) is 0 Å². The molecule has 0 unspecified atom stereocenters. The number of nitrogens with zero attached hydrogens (tertiary/aromatic N) is 1. The number of rotatable bonds is 2. The lowest BCUT2D eigenvalue weighted by atomic mass is 10.2. The molecule has 0 saturated heterocycles. The number of nitrogens with one attached hydrogen (secondary N) is 1. The van der Waals surface area contributed by atoms with E-state index in [9.17, 15) is 9.90 Å². The van der Waals surface area contributed by atoms with Gasteiger partial charge in [-0.2, -0.15) is 0 Å². The molecule has 1 aromatic rings. The summed E-state index contributed by atoms with van der Waals surface area (Å²) in [5.74, 6) is -0.00519. The minimum absolute atomic E-state index is 0.00519. The molecule has 1 aromatic carbocycles. The van der Waals surface area contributed by atoms with Gasteiger partial charge in [0.25, 0.3) is 0 Å². The number of urea groups is 1. The van der Waals surface area contributed by atoms with E-state index >= 15 is 0 Å². The van der Waals surface area contributed by atoms with Crippen molar-refractivity contribution in [2.45, 2.75) is 0 Å². The molecule has 4 N–H and O–H groups in total. The van der Waals surface area contributed by atoms with E-state index in [2.05, 4.69) is 5.32 Å². The second-order valence-electron chi connectivity index (χ2n) is 3.09. The van der Waals surface area contributed by atoms with Crippen LogP contribution in [-0.4, -0.2) is 25.2 Å². The highest BCUT2D eigenvalue weighted by molar-refractivity contribution is 5.90. The number of carbonyl (C=O) groups excluding carboxylic acids is 1. The Morgan fingerprint density at radius 3 is 2.64 bits per heavy atom. The standard InChI is InChI=1S/C9H13N3O2/c1-12(2)6-3-4-8(13)7(5-6)11-9(10)14/h3-5,13H,1-2H3,(H3,10,11,14). The number of primary amides is 1. The van der Waals surface area contributed by atoms with E-state index in [0.29, 0.717) is 5.69 Å². The zero-order valence-electron chi connectivity index (χ0n) is 8.11. The van der Waals surface area contributed by atoms with Crippen LogP contribution < -0.4 is 16.0 Å². The molecule has 0 heterocycles. The number of phenolic OH excluding ortho intramolecular Hbond substituents is 1. The molecule has 0 atom stereocenters. The molecule has 14 heavy (non-hydrogen) atoms. The molecule has 0 radical (unpaired) electrons.